The summed E-state index contributed by atoms with van der Waals surface area (Å²) in [6.45, 7) is 6.72. The first kappa shape index (κ1) is 13.2. The minimum atomic E-state index is 0.474. The van der Waals surface area contributed by atoms with Crippen LogP contribution in [0.4, 0.5) is 0 Å². The van der Waals surface area contributed by atoms with Gasteiger partial charge in [-0.3, -0.25) is 4.99 Å². The van der Waals surface area contributed by atoms with Crippen LogP contribution in [0.5, 0.6) is 0 Å². The smallest absolute Gasteiger partial charge is 0.157 e. The van der Waals surface area contributed by atoms with Gasteiger partial charge in [-0.1, -0.05) is 18.7 Å². The summed E-state index contributed by atoms with van der Waals surface area (Å²) < 4.78 is 0. The first-order chi connectivity index (χ1) is 7.13. The van der Waals surface area contributed by atoms with E-state index in [1.54, 1.807) is 0 Å². The van der Waals surface area contributed by atoms with Gasteiger partial charge in [-0.15, -0.1) is 0 Å². The molecule has 0 saturated heterocycles. The van der Waals surface area contributed by atoms with Crippen molar-refractivity contribution in [2.75, 3.05) is 17.8 Å². The molecule has 2 nitrogen and oxygen atoms in total. The first-order valence-corrected chi connectivity index (χ1v) is 7.97. The lowest BCUT2D eigenvalue weighted by atomic mass is 10.1. The van der Waals surface area contributed by atoms with Gasteiger partial charge in [0.25, 0.3) is 0 Å². The van der Waals surface area contributed by atoms with Gasteiger partial charge in [0.05, 0.1) is 6.04 Å². The summed E-state index contributed by atoms with van der Waals surface area (Å²) in [6.07, 6.45) is 3.37. The second kappa shape index (κ2) is 6.69. The van der Waals surface area contributed by atoms with Crippen LogP contribution >= 0.6 is 23.5 Å². The Balaban J connectivity index is 2.35. The second-order valence-electron chi connectivity index (χ2n) is 4.29. The van der Waals surface area contributed by atoms with Crippen LogP contribution in [-0.4, -0.2) is 35.0 Å². The summed E-state index contributed by atoms with van der Waals surface area (Å²) in [6, 6.07) is 1.02. The van der Waals surface area contributed by atoms with E-state index in [1.807, 2.05) is 23.5 Å². The van der Waals surface area contributed by atoms with Crippen molar-refractivity contribution in [3.8, 4) is 0 Å². The maximum Gasteiger partial charge on any atom is 0.157 e. The van der Waals surface area contributed by atoms with Crippen molar-refractivity contribution in [3.05, 3.63) is 0 Å². The van der Waals surface area contributed by atoms with E-state index in [4.69, 9.17) is 0 Å². The molecule has 1 N–H and O–H groups in total. The third-order valence-electron chi connectivity index (χ3n) is 2.75. The van der Waals surface area contributed by atoms with Crippen LogP contribution in [0.2, 0.25) is 0 Å². The van der Waals surface area contributed by atoms with E-state index < -0.39 is 0 Å². The van der Waals surface area contributed by atoms with Crippen molar-refractivity contribution in [1.82, 2.24) is 5.32 Å². The van der Waals surface area contributed by atoms with Crippen molar-refractivity contribution >= 4 is 28.7 Å². The number of aliphatic imine (C=N–C) groups is 1. The second-order valence-corrected chi connectivity index (χ2v) is 6.28. The molecule has 0 spiro atoms. The van der Waals surface area contributed by atoms with Gasteiger partial charge in [-0.2, -0.15) is 11.8 Å². The third kappa shape index (κ3) is 4.68. The summed E-state index contributed by atoms with van der Waals surface area (Å²) in [7, 11) is 0. The maximum atomic E-state index is 4.67. The van der Waals surface area contributed by atoms with Crippen LogP contribution in [0.25, 0.3) is 0 Å². The fourth-order valence-corrected chi connectivity index (χ4v) is 3.17. The molecule has 1 heterocycles. The fourth-order valence-electron chi connectivity index (χ4n) is 1.36. The highest BCUT2D eigenvalue weighted by atomic mass is 32.2. The van der Waals surface area contributed by atoms with E-state index in [-0.39, 0.29) is 0 Å². The Bertz CT molecular complexity index is 219. The zero-order valence-corrected chi connectivity index (χ0v) is 11.8. The molecule has 0 aromatic rings. The minimum Gasteiger partial charge on any atom is -0.362 e. The number of nitrogens with zero attached hydrogens (tertiary/aromatic N) is 1. The molecule has 0 aliphatic carbocycles. The van der Waals surface area contributed by atoms with Gasteiger partial charge in [0.1, 0.15) is 0 Å². The molecule has 1 aliphatic heterocycles. The highest BCUT2D eigenvalue weighted by molar-refractivity contribution is 8.13. The summed E-state index contributed by atoms with van der Waals surface area (Å²) in [5.74, 6) is 3.13. The van der Waals surface area contributed by atoms with Crippen LogP contribution in [0.15, 0.2) is 4.99 Å². The van der Waals surface area contributed by atoms with Crippen LogP contribution in [0.1, 0.15) is 27.2 Å². The van der Waals surface area contributed by atoms with Gasteiger partial charge in [-0.05, 0) is 38.2 Å². The van der Waals surface area contributed by atoms with Crippen LogP contribution in [0.3, 0.4) is 0 Å². The van der Waals surface area contributed by atoms with E-state index in [0.29, 0.717) is 18.0 Å². The van der Waals surface area contributed by atoms with Gasteiger partial charge in [0, 0.05) is 11.8 Å². The first-order valence-electron chi connectivity index (χ1n) is 5.59. The Labute approximate surface area is 102 Å². The number of hydrogen-bond acceptors (Lipinski definition) is 4. The molecule has 0 saturated carbocycles. The Morgan fingerprint density at radius 3 is 2.93 bits per heavy atom. The molecule has 88 valence electrons. The lowest BCUT2D eigenvalue weighted by Gasteiger charge is -2.25. The van der Waals surface area contributed by atoms with Gasteiger partial charge in [0.15, 0.2) is 5.17 Å². The highest BCUT2D eigenvalue weighted by Crippen LogP contribution is 2.21. The molecule has 3 atom stereocenters. The Kier molecular flexibility index (Phi) is 5.90. The number of rotatable bonds is 4. The minimum absolute atomic E-state index is 0.474. The van der Waals surface area contributed by atoms with Crippen molar-refractivity contribution in [3.63, 3.8) is 0 Å². The molecular formula is C11H22N2S2. The van der Waals surface area contributed by atoms with E-state index >= 15 is 0 Å². The van der Waals surface area contributed by atoms with Gasteiger partial charge in [0.2, 0.25) is 0 Å². The van der Waals surface area contributed by atoms with Crippen LogP contribution < -0.4 is 5.32 Å². The lowest BCUT2D eigenvalue weighted by Crippen LogP contribution is -2.35. The Morgan fingerprint density at radius 2 is 2.33 bits per heavy atom. The molecule has 0 amide bonds. The molecular weight excluding hydrogens is 224 g/mol. The van der Waals surface area contributed by atoms with E-state index in [0.717, 1.165) is 5.17 Å². The lowest BCUT2D eigenvalue weighted by molar-refractivity contribution is 0.530. The van der Waals surface area contributed by atoms with E-state index in [9.17, 15) is 0 Å². The Hall–Kier alpha value is 0.170. The average molecular weight is 246 g/mol. The molecule has 0 aromatic heterocycles. The predicted octanol–water partition coefficient (Wildman–Crippen LogP) is 2.85. The largest absolute Gasteiger partial charge is 0.362 e. The molecule has 0 radical (unpaired) electrons. The normalized spacial score (nSPS) is 28.4. The molecule has 4 heteroatoms. The van der Waals surface area contributed by atoms with Crippen molar-refractivity contribution in [2.45, 2.75) is 39.3 Å². The molecule has 0 fully saturated rings. The van der Waals surface area contributed by atoms with Gasteiger partial charge in [-0.25, -0.2) is 0 Å². The topological polar surface area (TPSA) is 24.4 Å². The van der Waals surface area contributed by atoms with Crippen LogP contribution in [-0.2, 0) is 0 Å². The van der Waals surface area contributed by atoms with Crippen molar-refractivity contribution < 1.29 is 0 Å². The average Bonchev–Trinajstić information content (AvgIpc) is 2.20. The van der Waals surface area contributed by atoms with E-state index in [1.165, 1.54) is 17.9 Å². The number of amidine groups is 1. The summed E-state index contributed by atoms with van der Waals surface area (Å²) in [5.41, 5.74) is 0. The Morgan fingerprint density at radius 1 is 1.60 bits per heavy atom. The summed E-state index contributed by atoms with van der Waals surface area (Å²) in [4.78, 5) is 4.67. The van der Waals surface area contributed by atoms with E-state index in [2.05, 4.69) is 37.3 Å². The van der Waals surface area contributed by atoms with Crippen LogP contribution in [0, 0.1) is 5.92 Å². The summed E-state index contributed by atoms with van der Waals surface area (Å²) in [5, 5.41) is 4.65. The molecule has 0 aromatic carbocycles. The molecule has 15 heavy (non-hydrogen) atoms. The predicted molar refractivity (Wildman–Crippen MR) is 74.1 cm³/mol. The standard InChI is InChI=1S/C11H22N2S2/c1-8-7-15-11(13-10(8)3)12-9(2)5-6-14-4/h8-10H,5-7H2,1-4H3,(H,12,13). The monoisotopic (exact) mass is 246 g/mol. The highest BCUT2D eigenvalue weighted by Gasteiger charge is 2.19. The zero-order chi connectivity index (χ0) is 11.3. The SMILES string of the molecule is CSCCC(C)NC1=NC(C)C(C)CS1. The van der Waals surface area contributed by atoms with Crippen molar-refractivity contribution in [1.29, 1.82) is 0 Å². The maximum absolute atomic E-state index is 4.67. The van der Waals surface area contributed by atoms with Gasteiger partial charge >= 0.3 is 0 Å². The quantitative estimate of drug-likeness (QED) is 0.825. The van der Waals surface area contributed by atoms with Crippen molar-refractivity contribution in [2.24, 2.45) is 10.9 Å². The molecule has 3 unspecified atom stereocenters. The number of hydrogen-bond donors (Lipinski definition) is 1. The zero-order valence-electron chi connectivity index (χ0n) is 10.1. The molecule has 1 rings (SSSR count). The third-order valence-corrected chi connectivity index (χ3v) is 4.59. The fraction of sp³-hybridized carbons (Fsp3) is 0.909. The number of nitrogens with one attached hydrogen (secondary N) is 1. The summed E-state index contributed by atoms with van der Waals surface area (Å²) >= 11 is 3.78. The molecule has 1 aliphatic rings. The molecule has 0 bridgehead atoms. The number of thioether (sulfide) groups is 2. The van der Waals surface area contributed by atoms with Gasteiger partial charge < -0.3 is 5.32 Å².